The number of benzene rings is 2. The van der Waals surface area contributed by atoms with Crippen LogP contribution in [0.2, 0.25) is 0 Å². The summed E-state index contributed by atoms with van der Waals surface area (Å²) in [5, 5.41) is 0. The monoisotopic (exact) mass is 449 g/mol. The van der Waals surface area contributed by atoms with Gasteiger partial charge in [0, 0.05) is 39.1 Å². The minimum Gasteiger partial charge on any atom is -0.495 e. The Hall–Kier alpha value is -2.81. The predicted molar refractivity (Wildman–Crippen MR) is 120 cm³/mol. The highest BCUT2D eigenvalue weighted by molar-refractivity contribution is 7.92. The van der Waals surface area contributed by atoms with Crippen molar-refractivity contribution in [2.24, 2.45) is 0 Å². The number of hydrogen-bond donors (Lipinski definition) is 0. The highest BCUT2D eigenvalue weighted by Crippen LogP contribution is 2.29. The third-order valence-corrected chi connectivity index (χ3v) is 6.51. The molecule has 0 saturated carbocycles. The van der Waals surface area contributed by atoms with E-state index in [2.05, 4.69) is 0 Å². The molecule has 2 aromatic carbocycles. The predicted octanol–water partition coefficient (Wildman–Crippen LogP) is 2.73. The molecule has 168 valence electrons. The second-order valence-corrected chi connectivity index (χ2v) is 9.34. The molecule has 0 radical (unpaired) electrons. The summed E-state index contributed by atoms with van der Waals surface area (Å²) in [6.07, 6.45) is 1.77. The molecule has 0 bridgehead atoms. The van der Waals surface area contributed by atoms with Crippen LogP contribution in [0.3, 0.4) is 0 Å². The lowest BCUT2D eigenvalue weighted by Gasteiger charge is -2.36. The first kappa shape index (κ1) is 22.9. The van der Waals surface area contributed by atoms with Gasteiger partial charge in [-0.25, -0.2) is 12.8 Å². The maximum absolute atomic E-state index is 14.0. The van der Waals surface area contributed by atoms with Crippen molar-refractivity contribution in [2.75, 3.05) is 55.3 Å². The molecule has 31 heavy (non-hydrogen) atoms. The fourth-order valence-corrected chi connectivity index (χ4v) is 4.71. The zero-order chi connectivity index (χ0) is 22.4. The van der Waals surface area contributed by atoms with Gasteiger partial charge in [0.1, 0.15) is 11.6 Å². The molecule has 9 heteroatoms. The lowest BCUT2D eigenvalue weighted by molar-refractivity contribution is -0.131. The molecule has 1 fully saturated rings. The molecule has 3 rings (SSSR count). The van der Waals surface area contributed by atoms with E-state index in [1.165, 1.54) is 17.5 Å². The number of hydrogen-bond acceptors (Lipinski definition) is 5. The van der Waals surface area contributed by atoms with Crippen LogP contribution in [0, 0.1) is 5.82 Å². The number of methoxy groups -OCH3 is 1. The van der Waals surface area contributed by atoms with Crippen LogP contribution in [0.1, 0.15) is 12.8 Å². The molecule has 0 N–H and O–H groups in total. The van der Waals surface area contributed by atoms with Crippen LogP contribution in [-0.4, -0.2) is 65.3 Å². The Labute approximate surface area is 183 Å². The Morgan fingerprint density at radius 2 is 1.71 bits per heavy atom. The van der Waals surface area contributed by atoms with E-state index in [0.717, 1.165) is 6.26 Å². The van der Waals surface area contributed by atoms with Crippen LogP contribution >= 0.6 is 0 Å². The number of carbonyl (C=O) groups is 1. The Kier molecular flexibility index (Phi) is 7.37. The molecule has 1 aliphatic rings. The molecular weight excluding hydrogens is 421 g/mol. The summed E-state index contributed by atoms with van der Waals surface area (Å²) >= 11 is 0. The van der Waals surface area contributed by atoms with E-state index in [-0.39, 0.29) is 24.7 Å². The maximum Gasteiger partial charge on any atom is 0.232 e. The van der Waals surface area contributed by atoms with Crippen molar-refractivity contribution in [1.82, 2.24) is 4.90 Å². The van der Waals surface area contributed by atoms with Gasteiger partial charge in [-0.1, -0.05) is 24.3 Å². The van der Waals surface area contributed by atoms with Crippen LogP contribution in [0.5, 0.6) is 5.75 Å². The lowest BCUT2D eigenvalue weighted by atomic mass is 10.2. The van der Waals surface area contributed by atoms with Crippen molar-refractivity contribution in [2.45, 2.75) is 12.8 Å². The Bertz CT molecular complexity index is 1010. The summed E-state index contributed by atoms with van der Waals surface area (Å²) in [7, 11) is -2.04. The topological polar surface area (TPSA) is 70.2 Å². The van der Waals surface area contributed by atoms with Crippen molar-refractivity contribution in [3.63, 3.8) is 0 Å². The molecule has 7 nitrogen and oxygen atoms in total. The number of nitrogens with zero attached hydrogens (tertiary/aromatic N) is 3. The van der Waals surface area contributed by atoms with E-state index in [0.29, 0.717) is 49.7 Å². The molecular formula is C22H28FN3O4S. The standard InChI is InChI=1S/C22H28FN3O4S/c1-30-21-11-6-5-10-20(21)26(31(2,28)29)13-7-12-22(27)25-16-14-24(15-17-25)19-9-4-3-8-18(19)23/h3-6,8-11H,7,12-17H2,1-2H3. The van der Waals surface area contributed by atoms with E-state index >= 15 is 0 Å². The summed E-state index contributed by atoms with van der Waals surface area (Å²) in [6.45, 7) is 2.32. The summed E-state index contributed by atoms with van der Waals surface area (Å²) in [4.78, 5) is 16.3. The van der Waals surface area contributed by atoms with Crippen LogP contribution in [0.4, 0.5) is 15.8 Å². The van der Waals surface area contributed by atoms with Gasteiger partial charge >= 0.3 is 0 Å². The van der Waals surface area contributed by atoms with Gasteiger partial charge in [0.2, 0.25) is 15.9 Å². The summed E-state index contributed by atoms with van der Waals surface area (Å²) in [5.41, 5.74) is 1.01. The smallest absolute Gasteiger partial charge is 0.232 e. The van der Waals surface area contributed by atoms with Crippen molar-refractivity contribution < 1.29 is 22.3 Å². The number of rotatable bonds is 8. The number of anilines is 2. The average molecular weight is 450 g/mol. The minimum atomic E-state index is -3.53. The van der Waals surface area contributed by atoms with Crippen molar-refractivity contribution >= 4 is 27.3 Å². The average Bonchev–Trinajstić information content (AvgIpc) is 2.76. The zero-order valence-corrected chi connectivity index (χ0v) is 18.6. The third kappa shape index (κ3) is 5.66. The van der Waals surface area contributed by atoms with Gasteiger partial charge in [-0.15, -0.1) is 0 Å². The van der Waals surface area contributed by atoms with Gasteiger partial charge in [0.25, 0.3) is 0 Å². The largest absolute Gasteiger partial charge is 0.495 e. The SMILES string of the molecule is COc1ccccc1N(CCCC(=O)N1CCN(c2ccccc2F)CC1)S(C)(=O)=O. The van der Waals surface area contributed by atoms with E-state index in [9.17, 15) is 17.6 Å². The van der Waals surface area contributed by atoms with Gasteiger partial charge < -0.3 is 14.5 Å². The molecule has 0 atom stereocenters. The molecule has 1 heterocycles. The number of piperazine rings is 1. The first-order valence-corrected chi connectivity index (χ1v) is 12.0. The molecule has 2 aromatic rings. The molecule has 1 amide bonds. The van der Waals surface area contributed by atoms with Gasteiger partial charge in [0.15, 0.2) is 0 Å². The van der Waals surface area contributed by atoms with Crippen LogP contribution in [-0.2, 0) is 14.8 Å². The summed E-state index contributed by atoms with van der Waals surface area (Å²) in [5.74, 6) is 0.171. The second-order valence-electron chi connectivity index (χ2n) is 7.43. The quantitative estimate of drug-likeness (QED) is 0.620. The normalized spacial score (nSPS) is 14.4. The summed E-state index contributed by atoms with van der Waals surface area (Å²) < 4.78 is 45.2. The van der Waals surface area contributed by atoms with E-state index in [1.54, 1.807) is 47.4 Å². The fraction of sp³-hybridized carbons (Fsp3) is 0.409. The van der Waals surface area contributed by atoms with E-state index in [4.69, 9.17) is 4.74 Å². The number of ether oxygens (including phenoxy) is 1. The van der Waals surface area contributed by atoms with Crippen LogP contribution in [0.15, 0.2) is 48.5 Å². The maximum atomic E-state index is 14.0. The molecule has 0 unspecified atom stereocenters. The van der Waals surface area contributed by atoms with Gasteiger partial charge in [0.05, 0.1) is 24.7 Å². The van der Waals surface area contributed by atoms with E-state index in [1.807, 2.05) is 4.90 Å². The van der Waals surface area contributed by atoms with Crippen LogP contribution in [0.25, 0.3) is 0 Å². The highest BCUT2D eigenvalue weighted by atomic mass is 32.2. The molecule has 0 aromatic heterocycles. The Morgan fingerprint density at radius 1 is 1.06 bits per heavy atom. The Balaban J connectivity index is 1.55. The number of halogens is 1. The van der Waals surface area contributed by atoms with Crippen LogP contribution < -0.4 is 13.9 Å². The molecule has 0 spiro atoms. The number of amides is 1. The van der Waals surface area contributed by atoms with Crippen molar-refractivity contribution in [3.05, 3.63) is 54.3 Å². The third-order valence-electron chi connectivity index (χ3n) is 5.33. The molecule has 0 aliphatic carbocycles. The number of para-hydroxylation sites is 3. The minimum absolute atomic E-state index is 0.0262. The summed E-state index contributed by atoms with van der Waals surface area (Å²) in [6, 6.07) is 13.5. The second kappa shape index (κ2) is 10.00. The van der Waals surface area contributed by atoms with Crippen molar-refractivity contribution in [1.29, 1.82) is 0 Å². The first-order chi connectivity index (χ1) is 14.8. The number of sulfonamides is 1. The zero-order valence-electron chi connectivity index (χ0n) is 17.8. The van der Waals surface area contributed by atoms with E-state index < -0.39 is 10.0 Å². The van der Waals surface area contributed by atoms with Crippen molar-refractivity contribution in [3.8, 4) is 5.75 Å². The van der Waals surface area contributed by atoms with Gasteiger partial charge in [-0.05, 0) is 30.7 Å². The van der Waals surface area contributed by atoms with Gasteiger partial charge in [-0.2, -0.15) is 0 Å². The lowest BCUT2D eigenvalue weighted by Crippen LogP contribution is -2.49. The highest BCUT2D eigenvalue weighted by Gasteiger charge is 2.24. The molecule has 1 aliphatic heterocycles. The molecule has 1 saturated heterocycles. The number of carbonyl (C=O) groups excluding carboxylic acids is 1. The Morgan fingerprint density at radius 3 is 2.35 bits per heavy atom. The van der Waals surface area contributed by atoms with Gasteiger partial charge in [-0.3, -0.25) is 9.10 Å². The fourth-order valence-electron chi connectivity index (χ4n) is 3.74. The first-order valence-electron chi connectivity index (χ1n) is 10.2.